The number of aldehydes is 1. The summed E-state index contributed by atoms with van der Waals surface area (Å²) in [6, 6.07) is 5.27. The molecule has 2 aromatic carbocycles. The van der Waals surface area contributed by atoms with Gasteiger partial charge in [0.2, 0.25) is 23.6 Å². The fourth-order valence-corrected chi connectivity index (χ4v) is 13.2. The first-order valence-corrected chi connectivity index (χ1v) is 33.4. The van der Waals surface area contributed by atoms with E-state index in [9.17, 15) is 48.3 Å². The molecular weight excluding hydrogens is 1360 g/mol. The number of rotatable bonds is 26. The maximum atomic E-state index is 14.7. The number of hydrogen-bond donors (Lipinski definition) is 7. The number of allylic oxidation sites excluding steroid dienone is 3. The first-order chi connectivity index (χ1) is 43.8. The summed E-state index contributed by atoms with van der Waals surface area (Å²) in [5, 5.41) is 26.5. The van der Waals surface area contributed by atoms with Crippen LogP contribution in [0.1, 0.15) is 123 Å². The smallest absolute Gasteiger partial charge is 0.409 e. The molecule has 510 valence electrons. The maximum absolute atomic E-state index is 14.7. The summed E-state index contributed by atoms with van der Waals surface area (Å²) in [5.74, 6) is -4.59. The summed E-state index contributed by atoms with van der Waals surface area (Å²) >= 11 is 13.6. The number of nitrogens with zero attached hydrogens (tertiary/aromatic N) is 3. The average Bonchev–Trinajstić information content (AvgIpc) is 1.60. The van der Waals surface area contributed by atoms with Gasteiger partial charge >= 0.3 is 18.1 Å². The molecule has 0 saturated carbocycles. The fourth-order valence-electron chi connectivity index (χ4n) is 11.5. The number of likely N-dealkylation sites (N-methyl/N-ethyl adjacent to an activating group) is 1. The summed E-state index contributed by atoms with van der Waals surface area (Å²) in [6.45, 7) is 14.1. The van der Waals surface area contributed by atoms with E-state index in [1.807, 2.05) is 26.8 Å². The van der Waals surface area contributed by atoms with E-state index in [1.165, 1.54) is 58.5 Å². The van der Waals surface area contributed by atoms with E-state index >= 15 is 0 Å². The number of fused-ring (bicyclic) bond motifs is 6. The first kappa shape index (κ1) is 75.3. The zero-order valence-electron chi connectivity index (χ0n) is 54.7. The van der Waals surface area contributed by atoms with Crippen LogP contribution in [0.3, 0.4) is 0 Å². The molecule has 6 rings (SSSR count). The Kier molecular flexibility index (Phi) is 26.4. The quantitative estimate of drug-likeness (QED) is 0.0135. The van der Waals surface area contributed by atoms with Crippen LogP contribution in [-0.4, -0.2) is 179 Å². The van der Waals surface area contributed by atoms with Crippen molar-refractivity contribution < 1.29 is 76.7 Å². The molecule has 1 aromatic heterocycles. The number of nitrogens with two attached hydrogens (primary N) is 1. The van der Waals surface area contributed by atoms with Gasteiger partial charge in [-0.25, -0.2) is 14.4 Å². The van der Waals surface area contributed by atoms with Gasteiger partial charge < -0.3 is 75.1 Å². The van der Waals surface area contributed by atoms with Crippen LogP contribution in [0.15, 0.2) is 66.4 Å². The van der Waals surface area contributed by atoms with E-state index in [0.29, 0.717) is 53.2 Å². The van der Waals surface area contributed by atoms with Crippen LogP contribution in [-0.2, 0) is 58.9 Å². The molecule has 0 radical (unpaired) electrons. The van der Waals surface area contributed by atoms with E-state index in [1.54, 1.807) is 64.1 Å². The number of alkyl halides is 2. The number of carbonyl (C=O) groups is 9. The average molecular weight is 1450 g/mol. The summed E-state index contributed by atoms with van der Waals surface area (Å²) in [5.41, 5.74) is 2.54. The van der Waals surface area contributed by atoms with Crippen molar-refractivity contribution in [3.63, 3.8) is 0 Å². The second kappa shape index (κ2) is 32.6. The lowest BCUT2D eigenvalue weighted by Gasteiger charge is -2.42. The minimum atomic E-state index is -1.93. The van der Waals surface area contributed by atoms with Gasteiger partial charge in [0, 0.05) is 68.8 Å². The number of ether oxygens (including phenoxy) is 6. The topological polar surface area (TPSA) is 338 Å². The molecule has 3 aromatic rings. The van der Waals surface area contributed by atoms with Crippen molar-refractivity contribution >= 4 is 120 Å². The van der Waals surface area contributed by atoms with Crippen LogP contribution in [0.4, 0.5) is 21.0 Å². The number of unbranched alkanes of at least 4 members (excludes halogenated alkanes) is 1. The Balaban J connectivity index is 1.21. The Morgan fingerprint density at radius 2 is 1.75 bits per heavy atom. The number of methoxy groups -OCH3 is 2. The number of anilines is 2. The summed E-state index contributed by atoms with van der Waals surface area (Å²) in [4.78, 5) is 129. The largest absolute Gasteiger partial charge is 0.495 e. The van der Waals surface area contributed by atoms with Crippen molar-refractivity contribution in [2.45, 2.75) is 178 Å². The first-order valence-electron chi connectivity index (χ1n) is 30.8. The number of benzene rings is 2. The third kappa shape index (κ3) is 19.0. The van der Waals surface area contributed by atoms with Crippen molar-refractivity contribution in [2.24, 2.45) is 17.6 Å². The standard InChI is InChI=1S/C65H88Br2ClN9O16/c1-36(2)53(74-50(79)22-13-14-25-62(6,7)93-64(33-66,34-67)35-78)57(82)73-44(20-17-27-71-60(69)85)56(81)72-43-24-23-42(54-41(43)19-16-26-70-54)58(83)76(9)39(5)59(84)91-49-31-51(80)77(10)45-29-40(30-46(88-11)52(45)68)28-37(3)18-15-21-48(89-12)65(87)32-47(90-61(86)75-65)38(4)55-63(49,8)92-55/h15-16,18-19,21,23-24,26,29-30,35-36,38-39,44,47-49,53,55,87H,13-14,17,20,22,25,27-28,31-34H2,1-12H3,(H,72,81)(H,73,82)(H,74,79)(H,75,86)(H3,69,71,85)/b21-15+,37-18+/t38-,39+,44+,47+,48-,49+,53+,55+,63+,65+/m1/s1. The highest BCUT2D eigenvalue weighted by molar-refractivity contribution is 9.10. The molecule has 28 heteroatoms. The minimum Gasteiger partial charge on any atom is -0.495 e. The Morgan fingerprint density at radius 1 is 1.04 bits per heavy atom. The van der Waals surface area contributed by atoms with Gasteiger partial charge in [0.05, 0.1) is 47.7 Å². The molecule has 2 saturated heterocycles. The van der Waals surface area contributed by atoms with Crippen molar-refractivity contribution in [3.05, 3.63) is 82.5 Å². The number of alkyl carbamates (subject to hydrolysis) is 1. The number of hydrogen-bond acceptors (Lipinski definition) is 17. The fraction of sp³-hybridized carbons (Fsp3) is 0.569. The van der Waals surface area contributed by atoms with E-state index in [-0.39, 0.29) is 59.9 Å². The molecule has 3 aliphatic heterocycles. The van der Waals surface area contributed by atoms with Crippen LogP contribution >= 0.6 is 43.5 Å². The third-order valence-corrected chi connectivity index (χ3v) is 19.4. The lowest BCUT2D eigenvalue weighted by molar-refractivity contribution is -0.158. The molecule has 0 unspecified atom stereocenters. The van der Waals surface area contributed by atoms with Crippen molar-refractivity contribution in [3.8, 4) is 5.75 Å². The molecule has 0 aliphatic carbocycles. The Bertz CT molecular complexity index is 3310. The van der Waals surface area contributed by atoms with Crippen molar-refractivity contribution in [1.29, 1.82) is 0 Å². The monoisotopic (exact) mass is 1440 g/mol. The molecule has 10 atom stereocenters. The lowest BCUT2D eigenvalue weighted by Crippen LogP contribution is -2.63. The zero-order chi connectivity index (χ0) is 68.9. The second-order valence-electron chi connectivity index (χ2n) is 25.2. The SMILES string of the molecule is COc1cc2cc(c1Cl)N(C)C(=O)C[C@H](OC(=O)[C@H](C)N(C)C(=O)c1ccc(NC(=O)[C@H](CCCNC(N)=O)NC(=O)[C@@H](NC(=O)CCCCC(C)(C)OC(C=O)(CBr)CBr)C(C)C)c3cccnc13)[C@]1(C)O[C@H]1[C@H](C)[C@@H]1C[C@@](O)(NC(=O)O1)[C@H](OC)/C=C/C=C(\C)C2. The van der Waals surface area contributed by atoms with Gasteiger partial charge in [-0.3, -0.25) is 34.3 Å². The van der Waals surface area contributed by atoms with Gasteiger partial charge in [-0.2, -0.15) is 0 Å². The van der Waals surface area contributed by atoms with Crippen LogP contribution in [0.2, 0.25) is 5.02 Å². The highest BCUT2D eigenvalue weighted by atomic mass is 79.9. The molecule has 4 bridgehead atoms. The number of halogens is 3. The molecule has 25 nitrogen and oxygen atoms in total. The molecule has 8 N–H and O–H groups in total. The number of pyridine rings is 1. The van der Waals surface area contributed by atoms with Gasteiger partial charge in [-0.05, 0) is 115 Å². The number of amides is 8. The number of carbonyl (C=O) groups excluding carboxylic acids is 9. The van der Waals surface area contributed by atoms with Gasteiger partial charge in [-0.15, -0.1) is 0 Å². The highest BCUT2D eigenvalue weighted by Gasteiger charge is 2.64. The summed E-state index contributed by atoms with van der Waals surface area (Å²) in [6.07, 6.45) is 4.02. The number of aromatic nitrogens is 1. The van der Waals surface area contributed by atoms with Crippen LogP contribution < -0.4 is 42.0 Å². The Morgan fingerprint density at radius 3 is 2.40 bits per heavy atom. The molecule has 8 amide bonds. The van der Waals surface area contributed by atoms with Crippen LogP contribution in [0, 0.1) is 11.8 Å². The number of aliphatic hydroxyl groups is 1. The number of esters is 1. The molecule has 3 aliphatic rings. The van der Waals surface area contributed by atoms with Gasteiger partial charge in [-0.1, -0.05) is 94.5 Å². The molecule has 2 fully saturated rings. The van der Waals surface area contributed by atoms with Gasteiger partial charge in [0.25, 0.3) is 5.91 Å². The molecule has 0 spiro atoms. The van der Waals surface area contributed by atoms with Crippen LogP contribution in [0.25, 0.3) is 10.9 Å². The van der Waals surface area contributed by atoms with E-state index < -0.39 is 125 Å². The third-order valence-electron chi connectivity index (χ3n) is 17.2. The normalized spacial score (nSPS) is 23.7. The van der Waals surface area contributed by atoms with Crippen molar-refractivity contribution in [2.75, 3.05) is 55.7 Å². The Labute approximate surface area is 564 Å². The predicted molar refractivity (Wildman–Crippen MR) is 356 cm³/mol. The van der Waals surface area contributed by atoms with E-state index in [0.717, 1.165) is 22.3 Å². The van der Waals surface area contributed by atoms with E-state index in [2.05, 4.69) is 63.4 Å². The summed E-state index contributed by atoms with van der Waals surface area (Å²) in [7, 11) is 5.77. The second-order valence-corrected chi connectivity index (χ2v) is 26.7. The van der Waals surface area contributed by atoms with Gasteiger partial charge in [0.15, 0.2) is 12.0 Å². The molecule has 93 heavy (non-hydrogen) atoms. The number of epoxide rings is 1. The zero-order valence-corrected chi connectivity index (χ0v) is 58.6. The lowest BCUT2D eigenvalue weighted by atomic mass is 9.83. The predicted octanol–water partition coefficient (Wildman–Crippen LogP) is 7.47. The number of urea groups is 1. The minimum absolute atomic E-state index is 0.0205. The number of primary amides is 1. The summed E-state index contributed by atoms with van der Waals surface area (Å²) < 4.78 is 35.9. The van der Waals surface area contributed by atoms with Crippen molar-refractivity contribution in [1.82, 2.24) is 31.2 Å². The van der Waals surface area contributed by atoms with Gasteiger partial charge in [0.1, 0.15) is 58.4 Å². The Hall–Kier alpha value is -6.75. The highest BCUT2D eigenvalue weighted by Crippen LogP contribution is 2.49. The van der Waals surface area contributed by atoms with E-state index in [4.69, 9.17) is 45.8 Å². The number of nitrogens with one attached hydrogen (secondary N) is 5. The van der Waals surface area contributed by atoms with Crippen LogP contribution in [0.5, 0.6) is 5.75 Å². The molecular formula is C65H88Br2ClN9O16. The maximum Gasteiger partial charge on any atom is 0.409 e. The molecule has 4 heterocycles.